The highest BCUT2D eigenvalue weighted by molar-refractivity contribution is 9.11. The highest BCUT2D eigenvalue weighted by Gasteiger charge is 2.51. The van der Waals surface area contributed by atoms with Gasteiger partial charge in [-0.1, -0.05) is 31.9 Å². The number of amidine groups is 1. The van der Waals surface area contributed by atoms with Crippen LogP contribution in [0.3, 0.4) is 0 Å². The lowest BCUT2D eigenvalue weighted by Gasteiger charge is -2.47. The Bertz CT molecular complexity index is 464. The summed E-state index contributed by atoms with van der Waals surface area (Å²) in [6.45, 7) is 3.78. The summed E-state index contributed by atoms with van der Waals surface area (Å²) in [5.41, 5.74) is -0.187. The monoisotopic (exact) mass is 392 g/mol. The number of hydrogen-bond acceptors (Lipinski definition) is 3. The van der Waals surface area contributed by atoms with Crippen molar-refractivity contribution in [3.8, 4) is 0 Å². The fraction of sp³-hybridized carbons (Fsp3) is 0.636. The molecule has 0 aromatic heterocycles. The molecule has 0 spiro atoms. The van der Waals surface area contributed by atoms with E-state index in [1.165, 1.54) is 4.48 Å². The van der Waals surface area contributed by atoms with Gasteiger partial charge in [0.1, 0.15) is 5.84 Å². The normalized spacial score (nSPS) is 39.3. The molecule has 0 aromatic rings. The van der Waals surface area contributed by atoms with Crippen molar-refractivity contribution in [3.05, 3.63) is 9.89 Å². The Kier molecular flexibility index (Phi) is 3.27. The summed E-state index contributed by atoms with van der Waals surface area (Å²) >= 11 is 9.18. The van der Waals surface area contributed by atoms with Crippen LogP contribution < -0.4 is 5.32 Å². The summed E-state index contributed by atoms with van der Waals surface area (Å²) in [7, 11) is 0. The lowest BCUT2D eigenvalue weighted by molar-refractivity contribution is 0.377. The summed E-state index contributed by atoms with van der Waals surface area (Å²) in [6.07, 6.45) is 0.997. The Labute approximate surface area is 127 Å². The van der Waals surface area contributed by atoms with E-state index in [1.807, 2.05) is 16.7 Å². The predicted octanol–water partition coefficient (Wildman–Crippen LogP) is 2.50. The predicted molar refractivity (Wildman–Crippen MR) is 84.0 cm³/mol. The first-order chi connectivity index (χ1) is 8.52. The molecule has 2 unspecified atom stereocenters. The van der Waals surface area contributed by atoms with Crippen LogP contribution >= 0.6 is 43.6 Å². The molecule has 3 aliphatic rings. The van der Waals surface area contributed by atoms with Gasteiger partial charge in [-0.2, -0.15) is 0 Å². The van der Waals surface area contributed by atoms with Gasteiger partial charge in [0.2, 0.25) is 0 Å². The minimum atomic E-state index is -0.187. The van der Waals surface area contributed by atoms with Crippen molar-refractivity contribution in [1.82, 2.24) is 10.2 Å². The van der Waals surface area contributed by atoms with E-state index in [0.29, 0.717) is 11.2 Å². The molecule has 2 N–H and O–H groups in total. The molecule has 7 heteroatoms. The zero-order chi connectivity index (χ0) is 12.9. The molecule has 0 saturated carbocycles. The highest BCUT2D eigenvalue weighted by Crippen LogP contribution is 2.44. The standard InChI is InChI=1S/C11H14Br2N4S/c1-11(7-4-6(12)5-18-7)8(13)9-15-2-3-17(9)10(14)16-11/h5,7-8H,2-4H2,1H3,(H2,14,16)/t7?,8?,11-/m1/s1. The summed E-state index contributed by atoms with van der Waals surface area (Å²) in [6, 6.07) is 0. The first-order valence-corrected chi connectivity index (χ1v) is 8.50. The Balaban J connectivity index is 1.90. The largest absolute Gasteiger partial charge is 0.348 e. The minimum absolute atomic E-state index is 0.144. The van der Waals surface area contributed by atoms with Gasteiger partial charge >= 0.3 is 0 Å². The van der Waals surface area contributed by atoms with Crippen LogP contribution in [0.25, 0.3) is 0 Å². The number of aliphatic imine (C=N–C) groups is 1. The molecule has 0 bridgehead atoms. The molecule has 1 saturated heterocycles. The second-order valence-corrected chi connectivity index (χ2v) is 7.92. The van der Waals surface area contributed by atoms with E-state index in [-0.39, 0.29) is 10.4 Å². The quantitative estimate of drug-likeness (QED) is 0.673. The lowest BCUT2D eigenvalue weighted by atomic mass is 9.88. The first-order valence-electron chi connectivity index (χ1n) is 5.85. The van der Waals surface area contributed by atoms with E-state index in [0.717, 1.165) is 25.3 Å². The third-order valence-electron chi connectivity index (χ3n) is 3.69. The van der Waals surface area contributed by atoms with Crippen LogP contribution in [-0.2, 0) is 0 Å². The van der Waals surface area contributed by atoms with Crippen LogP contribution in [-0.4, -0.2) is 45.4 Å². The van der Waals surface area contributed by atoms with Crippen LogP contribution in [0.4, 0.5) is 0 Å². The lowest BCUT2D eigenvalue weighted by Crippen LogP contribution is -2.69. The van der Waals surface area contributed by atoms with Crippen LogP contribution in [0.1, 0.15) is 13.3 Å². The minimum Gasteiger partial charge on any atom is -0.348 e. The van der Waals surface area contributed by atoms with E-state index >= 15 is 0 Å². The van der Waals surface area contributed by atoms with Gasteiger partial charge in [-0.25, -0.2) is 0 Å². The zero-order valence-electron chi connectivity index (χ0n) is 9.91. The Morgan fingerprint density at radius 3 is 3.11 bits per heavy atom. The van der Waals surface area contributed by atoms with Crippen LogP contribution in [0.5, 0.6) is 0 Å². The van der Waals surface area contributed by atoms with Gasteiger partial charge in [-0.3, -0.25) is 15.3 Å². The molecular weight excluding hydrogens is 380 g/mol. The van der Waals surface area contributed by atoms with Gasteiger partial charge in [0.15, 0.2) is 5.96 Å². The van der Waals surface area contributed by atoms with Crippen molar-refractivity contribution in [1.29, 1.82) is 5.41 Å². The van der Waals surface area contributed by atoms with E-state index in [1.54, 1.807) is 0 Å². The molecular formula is C11H14Br2N4S. The first kappa shape index (κ1) is 13.0. The molecule has 1 fully saturated rings. The molecule has 3 rings (SSSR count). The molecule has 3 aliphatic heterocycles. The summed E-state index contributed by atoms with van der Waals surface area (Å²) in [5, 5.41) is 14.1. The average Bonchev–Trinajstić information content (AvgIpc) is 2.94. The second-order valence-electron chi connectivity index (χ2n) is 4.90. The smallest absolute Gasteiger partial charge is 0.197 e. The van der Waals surface area contributed by atoms with Gasteiger partial charge < -0.3 is 5.32 Å². The van der Waals surface area contributed by atoms with E-state index in [2.05, 4.69) is 54.5 Å². The number of hydrogen-bond donors (Lipinski definition) is 2. The zero-order valence-corrected chi connectivity index (χ0v) is 13.9. The van der Waals surface area contributed by atoms with Crippen molar-refractivity contribution in [2.45, 2.75) is 29.0 Å². The number of alkyl halides is 1. The molecule has 3 heterocycles. The molecule has 0 amide bonds. The summed E-state index contributed by atoms with van der Waals surface area (Å²) in [4.78, 5) is 6.66. The third kappa shape index (κ3) is 1.86. The van der Waals surface area contributed by atoms with Crippen LogP contribution in [0.2, 0.25) is 0 Å². The number of allylic oxidation sites excluding steroid dienone is 1. The molecule has 0 aromatic carbocycles. The van der Waals surface area contributed by atoms with Gasteiger partial charge in [-0.15, -0.1) is 11.8 Å². The molecule has 18 heavy (non-hydrogen) atoms. The average molecular weight is 394 g/mol. The maximum absolute atomic E-state index is 8.15. The Morgan fingerprint density at radius 2 is 2.44 bits per heavy atom. The molecule has 98 valence electrons. The summed E-state index contributed by atoms with van der Waals surface area (Å²) < 4.78 is 1.24. The number of nitrogens with zero attached hydrogens (tertiary/aromatic N) is 2. The fourth-order valence-electron chi connectivity index (χ4n) is 2.59. The van der Waals surface area contributed by atoms with E-state index in [9.17, 15) is 0 Å². The topological polar surface area (TPSA) is 51.5 Å². The third-order valence-corrected chi connectivity index (χ3v) is 7.32. The van der Waals surface area contributed by atoms with Crippen LogP contribution in [0, 0.1) is 5.41 Å². The highest BCUT2D eigenvalue weighted by atomic mass is 79.9. The van der Waals surface area contributed by atoms with Crippen molar-refractivity contribution in [3.63, 3.8) is 0 Å². The fourth-order valence-corrected chi connectivity index (χ4v) is 5.61. The molecule has 0 aliphatic carbocycles. The maximum atomic E-state index is 8.15. The van der Waals surface area contributed by atoms with Crippen molar-refractivity contribution in [2.24, 2.45) is 4.99 Å². The summed E-state index contributed by atoms with van der Waals surface area (Å²) in [5.74, 6) is 1.48. The maximum Gasteiger partial charge on any atom is 0.197 e. The van der Waals surface area contributed by atoms with E-state index < -0.39 is 0 Å². The Morgan fingerprint density at radius 1 is 1.67 bits per heavy atom. The van der Waals surface area contributed by atoms with Gasteiger partial charge in [0.05, 0.1) is 16.9 Å². The SMILES string of the molecule is C[C@]1(C2CC(Br)=CS2)NC(=N)N2CCN=C2C1Br. The number of rotatable bonds is 1. The number of fused-ring (bicyclic) bond motifs is 1. The number of guanidine groups is 1. The molecule has 0 radical (unpaired) electrons. The van der Waals surface area contributed by atoms with Gasteiger partial charge in [-0.05, 0) is 18.8 Å². The molecule has 3 atom stereocenters. The van der Waals surface area contributed by atoms with Crippen molar-refractivity contribution in [2.75, 3.05) is 13.1 Å². The molecule has 4 nitrogen and oxygen atoms in total. The number of thioether (sulfide) groups is 1. The van der Waals surface area contributed by atoms with E-state index in [4.69, 9.17) is 5.41 Å². The van der Waals surface area contributed by atoms with Crippen LogP contribution in [0.15, 0.2) is 14.9 Å². The Hall–Kier alpha value is -0.0100. The number of halogens is 2. The second kappa shape index (κ2) is 4.52. The van der Waals surface area contributed by atoms with Crippen molar-refractivity contribution < 1.29 is 0 Å². The van der Waals surface area contributed by atoms with Crippen molar-refractivity contribution >= 4 is 55.4 Å². The number of nitrogens with one attached hydrogen (secondary N) is 2. The van der Waals surface area contributed by atoms with Gasteiger partial charge in [0, 0.05) is 16.3 Å². The van der Waals surface area contributed by atoms with Gasteiger partial charge in [0.25, 0.3) is 0 Å².